The molecular weight excluding hydrogens is 323 g/mol. The number of hydrogen-bond donors (Lipinski definition) is 0. The Morgan fingerprint density at radius 2 is 1.11 bits per heavy atom. The van der Waals surface area contributed by atoms with E-state index in [2.05, 4.69) is 34.6 Å². The average Bonchev–Trinajstić information content (AvgIpc) is 2.30. The van der Waals surface area contributed by atoms with Crippen molar-refractivity contribution in [1.82, 2.24) is 0 Å². The van der Waals surface area contributed by atoms with Crippen molar-refractivity contribution in [1.29, 1.82) is 0 Å². The monoisotopic (exact) mass is 356 g/mol. The van der Waals surface area contributed by atoms with Gasteiger partial charge in [0.2, 0.25) is 0 Å². The van der Waals surface area contributed by atoms with Crippen molar-refractivity contribution >= 4 is 7.26 Å². The second-order valence-corrected chi connectivity index (χ2v) is 9.43. The number of hydrogen-bond acceptors (Lipinski definition) is 2. The van der Waals surface area contributed by atoms with Crippen LogP contribution in [0.3, 0.4) is 0 Å². The Labute approximate surface area is 132 Å². The van der Waals surface area contributed by atoms with Gasteiger partial charge in [-0.25, -0.2) is 0 Å². The lowest BCUT2D eigenvalue weighted by Crippen LogP contribution is -3.00. The predicted octanol–water partition coefficient (Wildman–Crippen LogP) is 1.64. The first kappa shape index (κ1) is 22.1. The van der Waals surface area contributed by atoms with Crippen molar-refractivity contribution in [3.8, 4) is 0 Å². The first-order chi connectivity index (χ1) is 8.67. The van der Waals surface area contributed by atoms with E-state index in [1.54, 1.807) is 0 Å². The number of ether oxygens (including phenoxy) is 2. The summed E-state index contributed by atoms with van der Waals surface area (Å²) in [6.45, 7) is 12.6. The lowest BCUT2D eigenvalue weighted by Gasteiger charge is -2.30. The second-order valence-electron chi connectivity index (χ2n) is 5.04. The maximum atomic E-state index is 5.78. The van der Waals surface area contributed by atoms with Crippen LogP contribution < -0.4 is 17.0 Å². The molecule has 0 fully saturated rings. The van der Waals surface area contributed by atoms with Crippen LogP contribution in [0, 0.1) is 0 Å². The zero-order chi connectivity index (χ0) is 13.9. The van der Waals surface area contributed by atoms with Gasteiger partial charge in [-0.15, -0.1) is 0 Å². The van der Waals surface area contributed by atoms with E-state index in [4.69, 9.17) is 9.47 Å². The fourth-order valence-corrected chi connectivity index (χ4v) is 7.78. The molecule has 118 valence electrons. The Balaban J connectivity index is 0. The third kappa shape index (κ3) is 9.39. The molecule has 0 aliphatic carbocycles. The number of halogens is 1. The van der Waals surface area contributed by atoms with Gasteiger partial charge in [0, 0.05) is 20.5 Å². The molecule has 0 radical (unpaired) electrons. The van der Waals surface area contributed by atoms with Crippen LogP contribution in [0.5, 0.6) is 0 Å². The molecule has 0 saturated heterocycles. The molecule has 0 aromatic carbocycles. The van der Waals surface area contributed by atoms with E-state index in [1.165, 1.54) is 43.9 Å². The first-order valence-electron chi connectivity index (χ1n) is 7.76. The zero-order valence-electron chi connectivity index (χ0n) is 13.6. The van der Waals surface area contributed by atoms with Gasteiger partial charge in [0.25, 0.3) is 0 Å². The topological polar surface area (TPSA) is 18.5 Å². The van der Waals surface area contributed by atoms with Crippen LogP contribution in [0.2, 0.25) is 0 Å². The van der Waals surface area contributed by atoms with Crippen molar-refractivity contribution in [2.75, 3.05) is 37.9 Å². The third-order valence-corrected chi connectivity index (χ3v) is 8.60. The summed E-state index contributed by atoms with van der Waals surface area (Å²) >= 11 is 0. The molecule has 0 aromatic rings. The van der Waals surface area contributed by atoms with Crippen LogP contribution in [0.15, 0.2) is 0 Å². The van der Waals surface area contributed by atoms with Crippen LogP contribution in [-0.2, 0) is 9.47 Å². The zero-order valence-corrected chi connectivity index (χ0v) is 16.1. The summed E-state index contributed by atoms with van der Waals surface area (Å²) in [5, 5.41) is 0. The van der Waals surface area contributed by atoms with Crippen molar-refractivity contribution < 1.29 is 26.5 Å². The van der Waals surface area contributed by atoms with E-state index in [-0.39, 0.29) is 23.3 Å². The Hall–Kier alpha value is 0.830. The van der Waals surface area contributed by atoms with E-state index in [1.807, 2.05) is 0 Å². The van der Waals surface area contributed by atoms with Crippen LogP contribution >= 0.6 is 7.26 Å². The summed E-state index contributed by atoms with van der Waals surface area (Å²) in [4.78, 5) is 0. The molecule has 0 N–H and O–H groups in total. The summed E-state index contributed by atoms with van der Waals surface area (Å²) in [5.41, 5.74) is 0. The second kappa shape index (κ2) is 13.8. The van der Waals surface area contributed by atoms with Gasteiger partial charge in [0.1, 0.15) is 6.16 Å². The fraction of sp³-hybridized carbons (Fsp3) is 1.00. The minimum Gasteiger partial charge on any atom is -1.00 e. The van der Waals surface area contributed by atoms with Gasteiger partial charge in [0.15, 0.2) is 6.29 Å². The molecule has 0 spiro atoms. The summed E-state index contributed by atoms with van der Waals surface area (Å²) < 4.78 is 11.6. The van der Waals surface area contributed by atoms with Crippen LogP contribution in [-0.4, -0.2) is 44.2 Å². The highest BCUT2D eigenvalue weighted by Gasteiger charge is 2.37. The van der Waals surface area contributed by atoms with Crippen molar-refractivity contribution in [2.24, 2.45) is 0 Å². The maximum Gasteiger partial charge on any atom is 0.191 e. The van der Waals surface area contributed by atoms with Gasteiger partial charge in [-0.1, -0.05) is 20.8 Å². The molecule has 0 unspecified atom stereocenters. The lowest BCUT2D eigenvalue weighted by molar-refractivity contribution is -0.121. The molecule has 4 heteroatoms. The first-order valence-corrected chi connectivity index (χ1v) is 10.3. The average molecular weight is 357 g/mol. The van der Waals surface area contributed by atoms with Gasteiger partial charge < -0.3 is 26.5 Å². The van der Waals surface area contributed by atoms with E-state index >= 15 is 0 Å². The summed E-state index contributed by atoms with van der Waals surface area (Å²) in [7, 11) is -0.862. The SMILES string of the molecule is CCC[P+](CCC)(CCC)CC(OCC)OCC.[Br-]. The normalized spacial score (nSPS) is 11.7. The van der Waals surface area contributed by atoms with Crippen molar-refractivity contribution in [3.05, 3.63) is 0 Å². The quantitative estimate of drug-likeness (QED) is 0.391. The van der Waals surface area contributed by atoms with Gasteiger partial charge in [-0.2, -0.15) is 0 Å². The Bertz CT molecular complexity index is 168. The minimum atomic E-state index is -0.862. The molecule has 0 aromatic heterocycles. The van der Waals surface area contributed by atoms with Gasteiger partial charge in [0.05, 0.1) is 18.5 Å². The number of rotatable bonds is 12. The highest BCUT2D eigenvalue weighted by molar-refractivity contribution is 7.75. The van der Waals surface area contributed by atoms with Crippen LogP contribution in [0.1, 0.15) is 53.9 Å². The molecule has 0 amide bonds. The van der Waals surface area contributed by atoms with Crippen LogP contribution in [0.4, 0.5) is 0 Å². The highest BCUT2D eigenvalue weighted by atomic mass is 79.9. The van der Waals surface area contributed by atoms with E-state index in [0.29, 0.717) is 0 Å². The highest BCUT2D eigenvalue weighted by Crippen LogP contribution is 2.60. The maximum absolute atomic E-state index is 5.78. The Morgan fingerprint density at radius 1 is 0.737 bits per heavy atom. The Morgan fingerprint density at radius 3 is 1.37 bits per heavy atom. The molecule has 0 rings (SSSR count). The minimum absolute atomic E-state index is 0. The van der Waals surface area contributed by atoms with Gasteiger partial charge in [-0.3, -0.25) is 0 Å². The Kier molecular flexibility index (Phi) is 16.1. The predicted molar refractivity (Wildman–Crippen MR) is 84.3 cm³/mol. The molecule has 0 atom stereocenters. The summed E-state index contributed by atoms with van der Waals surface area (Å²) in [6.07, 6.45) is 9.35. The van der Waals surface area contributed by atoms with Gasteiger partial charge >= 0.3 is 0 Å². The van der Waals surface area contributed by atoms with E-state index in [0.717, 1.165) is 13.2 Å². The molecule has 0 saturated carbocycles. The van der Waals surface area contributed by atoms with Gasteiger partial charge in [-0.05, 0) is 33.1 Å². The van der Waals surface area contributed by atoms with E-state index in [9.17, 15) is 0 Å². The summed E-state index contributed by atoms with van der Waals surface area (Å²) in [5.74, 6) is 0. The largest absolute Gasteiger partial charge is 1.00 e. The van der Waals surface area contributed by atoms with Crippen molar-refractivity contribution in [3.63, 3.8) is 0 Å². The molecule has 19 heavy (non-hydrogen) atoms. The molecule has 2 nitrogen and oxygen atoms in total. The lowest BCUT2D eigenvalue weighted by atomic mass is 10.6. The smallest absolute Gasteiger partial charge is 0.191 e. The molecule has 0 heterocycles. The molecule has 0 aliphatic heterocycles. The molecule has 0 aliphatic rings. The van der Waals surface area contributed by atoms with E-state index < -0.39 is 7.26 Å². The molecular formula is C15H34BrO2P. The third-order valence-electron chi connectivity index (χ3n) is 3.34. The van der Waals surface area contributed by atoms with Crippen LogP contribution in [0.25, 0.3) is 0 Å². The molecule has 0 bridgehead atoms. The standard InChI is InChI=1S/C15H34O2P.BrH/c1-6-11-18(12-7-2,13-8-3)14-15(16-9-4)17-10-5;/h15H,6-14H2,1-5H3;1H/q+1;/p-1. The van der Waals surface area contributed by atoms with Crippen molar-refractivity contribution in [2.45, 2.75) is 60.2 Å². The summed E-state index contributed by atoms with van der Waals surface area (Å²) in [6, 6.07) is 0. The fourth-order valence-electron chi connectivity index (χ4n) is 2.87.